The molecule has 3 unspecified atom stereocenters. The molecular weight excluding hydrogens is 398 g/mol. The molecule has 1 N–H and O–H groups in total. The van der Waals surface area contributed by atoms with Gasteiger partial charge in [-0.15, -0.1) is 0 Å². The van der Waals surface area contributed by atoms with Crippen molar-refractivity contribution in [1.82, 2.24) is 0 Å². The van der Waals surface area contributed by atoms with Crippen LogP contribution < -0.4 is 4.74 Å². The van der Waals surface area contributed by atoms with E-state index in [9.17, 15) is 5.11 Å². The number of nitrogens with zero attached hydrogens (tertiary/aromatic N) is 1. The third-order valence-corrected chi connectivity index (χ3v) is 8.60. The Morgan fingerprint density at radius 1 is 0.938 bits per heavy atom. The minimum Gasteiger partial charge on any atom is -0.443 e. The number of ether oxygens (including phenoxy) is 2. The molecule has 2 bridgehead atoms. The third kappa shape index (κ3) is 4.21. The lowest BCUT2D eigenvalue weighted by molar-refractivity contribution is -0.982. The first kappa shape index (κ1) is 21.9. The summed E-state index contributed by atoms with van der Waals surface area (Å²) in [5, 5.41) is 11.9. The average Bonchev–Trinajstić information content (AvgIpc) is 3.40. The molecule has 32 heavy (non-hydrogen) atoms. The molecule has 3 saturated heterocycles. The molecule has 0 aromatic heterocycles. The highest BCUT2D eigenvalue weighted by atomic mass is 16.5. The van der Waals surface area contributed by atoms with Crippen molar-refractivity contribution in [3.63, 3.8) is 0 Å². The second kappa shape index (κ2) is 9.17. The lowest BCUT2D eigenvalue weighted by atomic mass is 9.80. The normalized spacial score (nSPS) is 30.7. The molecule has 4 nitrogen and oxygen atoms in total. The van der Waals surface area contributed by atoms with Crippen molar-refractivity contribution in [2.45, 2.75) is 63.4 Å². The standard InChI is InChI=1S/C28H38NO3/c1-22(32-26-14-6-3-7-15-26)29-18-16-23(17-19-29)27(20-29)31-21-28(30,25-12-8-9-13-25)24-10-4-2-5-11-24/h2-7,10-11,14-15,22-23,25,27,30H,8-9,12-13,16-21H2,1H3/q+1. The fourth-order valence-electron chi connectivity index (χ4n) is 6.47. The van der Waals surface area contributed by atoms with E-state index in [-0.39, 0.29) is 18.2 Å². The molecule has 0 spiro atoms. The van der Waals surface area contributed by atoms with E-state index in [0.29, 0.717) is 12.5 Å². The van der Waals surface area contributed by atoms with Crippen molar-refractivity contribution < 1.29 is 19.1 Å². The van der Waals surface area contributed by atoms with Crippen molar-refractivity contribution in [2.75, 3.05) is 26.2 Å². The van der Waals surface area contributed by atoms with E-state index in [1.165, 1.54) is 25.7 Å². The summed E-state index contributed by atoms with van der Waals surface area (Å²) in [5.41, 5.74) is 0.124. The second-order valence-corrected chi connectivity index (χ2v) is 10.3. The van der Waals surface area contributed by atoms with Crippen LogP contribution in [0.4, 0.5) is 0 Å². The number of fused-ring (bicyclic) bond motifs is 3. The molecule has 2 aromatic carbocycles. The summed E-state index contributed by atoms with van der Waals surface area (Å²) in [6.45, 7) is 5.91. The zero-order valence-electron chi connectivity index (χ0n) is 19.4. The Morgan fingerprint density at radius 2 is 1.56 bits per heavy atom. The number of para-hydroxylation sites is 1. The van der Waals surface area contributed by atoms with Crippen molar-refractivity contribution in [2.24, 2.45) is 11.8 Å². The maximum absolute atomic E-state index is 11.9. The predicted molar refractivity (Wildman–Crippen MR) is 126 cm³/mol. The summed E-state index contributed by atoms with van der Waals surface area (Å²) in [4.78, 5) is 0. The van der Waals surface area contributed by atoms with Gasteiger partial charge in [-0.25, -0.2) is 0 Å². The fraction of sp³-hybridized carbons (Fsp3) is 0.571. The lowest BCUT2D eigenvalue weighted by Gasteiger charge is -2.54. The van der Waals surface area contributed by atoms with Gasteiger partial charge in [0.25, 0.3) is 0 Å². The number of hydrogen-bond donors (Lipinski definition) is 1. The van der Waals surface area contributed by atoms with Gasteiger partial charge in [-0.3, -0.25) is 4.48 Å². The molecule has 0 radical (unpaired) electrons. The second-order valence-electron chi connectivity index (χ2n) is 10.3. The maximum atomic E-state index is 11.9. The first-order chi connectivity index (χ1) is 15.6. The van der Waals surface area contributed by atoms with E-state index < -0.39 is 5.60 Å². The van der Waals surface area contributed by atoms with Crippen LogP contribution in [-0.4, -0.2) is 48.2 Å². The van der Waals surface area contributed by atoms with E-state index in [0.717, 1.165) is 48.3 Å². The van der Waals surface area contributed by atoms with Crippen LogP contribution in [0.5, 0.6) is 5.75 Å². The van der Waals surface area contributed by atoms with Gasteiger partial charge in [-0.05, 0) is 36.5 Å². The quantitative estimate of drug-likeness (QED) is 0.584. The van der Waals surface area contributed by atoms with Gasteiger partial charge in [0.15, 0.2) is 0 Å². The van der Waals surface area contributed by atoms with Crippen molar-refractivity contribution in [1.29, 1.82) is 0 Å². The van der Waals surface area contributed by atoms with Crippen molar-refractivity contribution in [3.8, 4) is 5.75 Å². The Hall–Kier alpha value is -1.88. The van der Waals surface area contributed by atoms with Gasteiger partial charge in [0.1, 0.15) is 24.0 Å². The Labute approximate surface area is 192 Å². The van der Waals surface area contributed by atoms with Crippen LogP contribution in [0.1, 0.15) is 51.0 Å². The number of benzene rings is 2. The number of quaternary nitrogens is 1. The third-order valence-electron chi connectivity index (χ3n) is 8.60. The summed E-state index contributed by atoms with van der Waals surface area (Å²) in [6, 6.07) is 20.4. The van der Waals surface area contributed by atoms with Crippen molar-refractivity contribution >= 4 is 0 Å². The van der Waals surface area contributed by atoms with Crippen LogP contribution in [0.3, 0.4) is 0 Å². The highest BCUT2D eigenvalue weighted by Crippen LogP contribution is 2.43. The summed E-state index contributed by atoms with van der Waals surface area (Å²) in [5.74, 6) is 1.83. The molecule has 3 heterocycles. The highest BCUT2D eigenvalue weighted by molar-refractivity contribution is 5.24. The van der Waals surface area contributed by atoms with E-state index >= 15 is 0 Å². The largest absolute Gasteiger partial charge is 0.443 e. The van der Waals surface area contributed by atoms with Gasteiger partial charge in [-0.2, -0.15) is 0 Å². The zero-order valence-corrected chi connectivity index (χ0v) is 19.4. The summed E-state index contributed by atoms with van der Waals surface area (Å²) >= 11 is 0. The maximum Gasteiger partial charge on any atom is 0.230 e. The van der Waals surface area contributed by atoms with E-state index in [4.69, 9.17) is 9.47 Å². The molecule has 6 rings (SSSR count). The first-order valence-electron chi connectivity index (χ1n) is 12.6. The van der Waals surface area contributed by atoms with Crippen LogP contribution in [0, 0.1) is 11.8 Å². The Bertz CT molecular complexity index is 859. The number of aliphatic hydroxyl groups is 1. The minimum atomic E-state index is -0.888. The van der Waals surface area contributed by atoms with Crippen LogP contribution in [0.25, 0.3) is 0 Å². The molecule has 0 amide bonds. The molecule has 1 saturated carbocycles. The van der Waals surface area contributed by atoms with Gasteiger partial charge in [0.05, 0.1) is 19.7 Å². The molecule has 1 aliphatic carbocycles. The lowest BCUT2D eigenvalue weighted by Crippen LogP contribution is -2.69. The van der Waals surface area contributed by atoms with Crippen LogP contribution in [0.2, 0.25) is 0 Å². The zero-order chi connectivity index (χ0) is 22.0. The molecular formula is C28H38NO3+. The molecule has 3 aliphatic heterocycles. The minimum absolute atomic E-state index is 0.104. The highest BCUT2D eigenvalue weighted by Gasteiger charge is 2.51. The summed E-state index contributed by atoms with van der Waals surface area (Å²) in [6.07, 6.45) is 7.25. The van der Waals surface area contributed by atoms with Gasteiger partial charge < -0.3 is 14.6 Å². The topological polar surface area (TPSA) is 38.7 Å². The molecule has 2 aromatic rings. The predicted octanol–water partition coefficient (Wildman–Crippen LogP) is 5.12. The molecule has 4 fully saturated rings. The molecule has 4 heteroatoms. The van der Waals surface area contributed by atoms with Crippen molar-refractivity contribution in [3.05, 3.63) is 66.2 Å². The first-order valence-corrected chi connectivity index (χ1v) is 12.6. The molecule has 4 aliphatic rings. The van der Waals surface area contributed by atoms with Gasteiger partial charge in [0.2, 0.25) is 6.23 Å². The van der Waals surface area contributed by atoms with Gasteiger partial charge >= 0.3 is 0 Å². The van der Waals surface area contributed by atoms with Gasteiger partial charge in [-0.1, -0.05) is 61.4 Å². The summed E-state index contributed by atoms with van der Waals surface area (Å²) in [7, 11) is 0. The van der Waals surface area contributed by atoms with E-state index in [1.54, 1.807) is 0 Å². The van der Waals surface area contributed by atoms with Crippen LogP contribution in [0.15, 0.2) is 60.7 Å². The Balaban J connectivity index is 1.29. The Kier molecular flexibility index (Phi) is 6.28. The SMILES string of the molecule is CC(Oc1ccccc1)[N+]12CCC(CC1)C(OCC(O)(c1ccccc1)C1CCCC1)C2. The van der Waals surface area contributed by atoms with Gasteiger partial charge in [0, 0.05) is 25.7 Å². The number of hydrogen-bond acceptors (Lipinski definition) is 3. The van der Waals surface area contributed by atoms with Crippen LogP contribution >= 0.6 is 0 Å². The fourth-order valence-corrected chi connectivity index (χ4v) is 6.47. The monoisotopic (exact) mass is 436 g/mol. The number of piperidine rings is 3. The average molecular weight is 437 g/mol. The van der Waals surface area contributed by atoms with E-state index in [1.807, 2.05) is 48.5 Å². The Morgan fingerprint density at radius 3 is 2.22 bits per heavy atom. The van der Waals surface area contributed by atoms with E-state index in [2.05, 4.69) is 19.1 Å². The molecule has 172 valence electrons. The summed E-state index contributed by atoms with van der Waals surface area (Å²) < 4.78 is 14.0. The smallest absolute Gasteiger partial charge is 0.230 e. The number of rotatable bonds is 8. The van der Waals surface area contributed by atoms with Crippen LogP contribution in [-0.2, 0) is 10.3 Å². The molecule has 3 atom stereocenters.